The Morgan fingerprint density at radius 3 is 2.65 bits per heavy atom. The molecule has 0 amide bonds. The number of hydrogen-bond acceptors (Lipinski definition) is 1. The average molecular weight is 357 g/mol. The van der Waals surface area contributed by atoms with Gasteiger partial charge in [0, 0.05) is 15.1 Å². The smallest absolute Gasteiger partial charge is 0.128 e. The highest BCUT2D eigenvalue weighted by molar-refractivity contribution is 9.10. The van der Waals surface area contributed by atoms with Crippen molar-refractivity contribution in [3.05, 3.63) is 68.4 Å². The molecule has 0 aliphatic heterocycles. The lowest BCUT2D eigenvalue weighted by Gasteiger charge is -2.20. The summed E-state index contributed by atoms with van der Waals surface area (Å²) in [6, 6.07) is 10.6. The molecule has 0 aromatic heterocycles. The SMILES string of the molecule is CCNC(c1ccc(Cl)c(C)c1)c1cc(Br)ccc1F. The summed E-state index contributed by atoms with van der Waals surface area (Å²) in [6.07, 6.45) is 0. The van der Waals surface area contributed by atoms with Gasteiger partial charge in [0.25, 0.3) is 0 Å². The van der Waals surface area contributed by atoms with E-state index in [1.165, 1.54) is 6.07 Å². The second-order valence-corrected chi connectivity index (χ2v) is 5.99. The molecular weight excluding hydrogens is 341 g/mol. The maximum absolute atomic E-state index is 14.1. The molecular formula is C16H16BrClFN. The highest BCUT2D eigenvalue weighted by atomic mass is 79.9. The van der Waals surface area contributed by atoms with Crippen LogP contribution in [0.15, 0.2) is 40.9 Å². The molecule has 0 aliphatic carbocycles. The van der Waals surface area contributed by atoms with Crippen molar-refractivity contribution in [2.45, 2.75) is 19.9 Å². The summed E-state index contributed by atoms with van der Waals surface area (Å²) >= 11 is 9.46. The zero-order valence-corrected chi connectivity index (χ0v) is 13.7. The largest absolute Gasteiger partial charge is 0.306 e. The predicted molar refractivity (Wildman–Crippen MR) is 85.8 cm³/mol. The molecule has 1 atom stereocenters. The van der Waals surface area contributed by atoms with Crippen LogP contribution >= 0.6 is 27.5 Å². The lowest BCUT2D eigenvalue weighted by molar-refractivity contribution is 0.558. The first-order valence-corrected chi connectivity index (χ1v) is 7.64. The van der Waals surface area contributed by atoms with E-state index in [-0.39, 0.29) is 11.9 Å². The van der Waals surface area contributed by atoms with Gasteiger partial charge < -0.3 is 5.32 Å². The van der Waals surface area contributed by atoms with Crippen molar-refractivity contribution in [1.82, 2.24) is 5.32 Å². The Bertz CT molecular complexity index is 615. The van der Waals surface area contributed by atoms with Crippen LogP contribution in [0.4, 0.5) is 4.39 Å². The minimum Gasteiger partial charge on any atom is -0.306 e. The van der Waals surface area contributed by atoms with E-state index >= 15 is 0 Å². The number of hydrogen-bond donors (Lipinski definition) is 1. The normalized spacial score (nSPS) is 12.4. The van der Waals surface area contributed by atoms with Crippen molar-refractivity contribution in [3.8, 4) is 0 Å². The molecule has 0 radical (unpaired) electrons. The van der Waals surface area contributed by atoms with Gasteiger partial charge in [-0.1, -0.05) is 46.6 Å². The van der Waals surface area contributed by atoms with Gasteiger partial charge in [0.2, 0.25) is 0 Å². The summed E-state index contributed by atoms with van der Waals surface area (Å²) in [4.78, 5) is 0. The van der Waals surface area contributed by atoms with Crippen molar-refractivity contribution in [2.24, 2.45) is 0 Å². The second-order valence-electron chi connectivity index (χ2n) is 4.67. The maximum Gasteiger partial charge on any atom is 0.128 e. The molecule has 2 rings (SSSR count). The van der Waals surface area contributed by atoms with Crippen molar-refractivity contribution < 1.29 is 4.39 Å². The first-order valence-electron chi connectivity index (χ1n) is 6.47. The molecule has 0 heterocycles. The summed E-state index contributed by atoms with van der Waals surface area (Å²) in [7, 11) is 0. The summed E-state index contributed by atoms with van der Waals surface area (Å²) < 4.78 is 15.0. The molecule has 1 N–H and O–H groups in total. The zero-order valence-electron chi connectivity index (χ0n) is 11.4. The molecule has 2 aromatic rings. The van der Waals surface area contributed by atoms with E-state index in [4.69, 9.17) is 11.6 Å². The number of benzene rings is 2. The van der Waals surface area contributed by atoms with Crippen LogP contribution in [-0.4, -0.2) is 6.54 Å². The van der Waals surface area contributed by atoms with E-state index in [1.54, 1.807) is 6.07 Å². The fourth-order valence-electron chi connectivity index (χ4n) is 2.19. The van der Waals surface area contributed by atoms with Gasteiger partial charge in [0.1, 0.15) is 5.82 Å². The number of halogens is 3. The Morgan fingerprint density at radius 2 is 2.00 bits per heavy atom. The van der Waals surface area contributed by atoms with Crippen LogP contribution < -0.4 is 5.32 Å². The monoisotopic (exact) mass is 355 g/mol. The molecule has 2 aromatic carbocycles. The highest BCUT2D eigenvalue weighted by Gasteiger charge is 2.18. The van der Waals surface area contributed by atoms with Gasteiger partial charge in [-0.15, -0.1) is 0 Å². The van der Waals surface area contributed by atoms with Gasteiger partial charge in [-0.2, -0.15) is 0 Å². The van der Waals surface area contributed by atoms with Crippen LogP contribution in [0.25, 0.3) is 0 Å². The first kappa shape index (κ1) is 15.5. The van der Waals surface area contributed by atoms with E-state index in [0.717, 1.165) is 27.2 Å². The molecule has 1 nitrogen and oxygen atoms in total. The topological polar surface area (TPSA) is 12.0 Å². The Balaban J connectivity index is 2.49. The van der Waals surface area contributed by atoms with Gasteiger partial charge in [0.05, 0.1) is 6.04 Å². The molecule has 4 heteroatoms. The van der Waals surface area contributed by atoms with Gasteiger partial charge in [-0.25, -0.2) is 4.39 Å². The van der Waals surface area contributed by atoms with Crippen molar-refractivity contribution in [2.75, 3.05) is 6.54 Å². The van der Waals surface area contributed by atoms with Crippen LogP contribution in [0, 0.1) is 12.7 Å². The highest BCUT2D eigenvalue weighted by Crippen LogP contribution is 2.29. The first-order chi connectivity index (χ1) is 9.52. The Labute approximate surface area is 132 Å². The number of aryl methyl sites for hydroxylation is 1. The fourth-order valence-corrected chi connectivity index (χ4v) is 2.69. The molecule has 106 valence electrons. The number of nitrogens with one attached hydrogen (secondary N) is 1. The quantitative estimate of drug-likeness (QED) is 0.789. The third-order valence-electron chi connectivity index (χ3n) is 3.19. The molecule has 20 heavy (non-hydrogen) atoms. The summed E-state index contributed by atoms with van der Waals surface area (Å²) in [5, 5.41) is 4.05. The van der Waals surface area contributed by atoms with Crippen molar-refractivity contribution in [1.29, 1.82) is 0 Å². The van der Waals surface area contributed by atoms with Crippen LogP contribution in [0.1, 0.15) is 29.7 Å². The van der Waals surface area contributed by atoms with Crippen LogP contribution in [0.2, 0.25) is 5.02 Å². The van der Waals surface area contributed by atoms with E-state index < -0.39 is 0 Å². The lowest BCUT2D eigenvalue weighted by Crippen LogP contribution is -2.23. The number of rotatable bonds is 4. The maximum atomic E-state index is 14.1. The molecule has 0 fully saturated rings. The van der Waals surface area contributed by atoms with Crippen molar-refractivity contribution in [3.63, 3.8) is 0 Å². The van der Waals surface area contributed by atoms with E-state index in [2.05, 4.69) is 21.2 Å². The molecule has 1 unspecified atom stereocenters. The molecule has 0 bridgehead atoms. The van der Waals surface area contributed by atoms with Gasteiger partial charge in [-0.05, 0) is 48.9 Å². The Morgan fingerprint density at radius 1 is 1.25 bits per heavy atom. The minimum absolute atomic E-state index is 0.187. The molecule has 0 aliphatic rings. The summed E-state index contributed by atoms with van der Waals surface area (Å²) in [6.45, 7) is 4.70. The zero-order chi connectivity index (χ0) is 14.7. The summed E-state index contributed by atoms with van der Waals surface area (Å²) in [5.74, 6) is -0.216. The molecule has 0 spiro atoms. The predicted octanol–water partition coefficient (Wildman–Crippen LogP) is 5.25. The van der Waals surface area contributed by atoms with Gasteiger partial charge >= 0.3 is 0 Å². The Hall–Kier alpha value is -0.900. The standard InChI is InChI=1S/C16H16BrClFN/c1-3-20-16(11-4-6-14(18)10(2)8-11)13-9-12(17)5-7-15(13)19/h4-9,16,20H,3H2,1-2H3. The van der Waals surface area contributed by atoms with Crippen molar-refractivity contribution >= 4 is 27.5 Å². The minimum atomic E-state index is -0.216. The second kappa shape index (κ2) is 6.70. The summed E-state index contributed by atoms with van der Waals surface area (Å²) in [5.41, 5.74) is 2.62. The van der Waals surface area contributed by atoms with Crippen LogP contribution in [0.3, 0.4) is 0 Å². The third kappa shape index (κ3) is 3.40. The van der Waals surface area contributed by atoms with E-state index in [1.807, 2.05) is 38.1 Å². The molecule has 0 saturated heterocycles. The van der Waals surface area contributed by atoms with Gasteiger partial charge in [0.15, 0.2) is 0 Å². The van der Waals surface area contributed by atoms with Gasteiger partial charge in [-0.3, -0.25) is 0 Å². The lowest BCUT2D eigenvalue weighted by atomic mass is 9.97. The van der Waals surface area contributed by atoms with Crippen LogP contribution in [-0.2, 0) is 0 Å². The third-order valence-corrected chi connectivity index (χ3v) is 4.11. The van der Waals surface area contributed by atoms with E-state index in [0.29, 0.717) is 5.56 Å². The Kier molecular flexibility index (Phi) is 5.19. The van der Waals surface area contributed by atoms with E-state index in [9.17, 15) is 4.39 Å². The van der Waals surface area contributed by atoms with Crippen LogP contribution in [0.5, 0.6) is 0 Å². The molecule has 0 saturated carbocycles. The fraction of sp³-hybridized carbons (Fsp3) is 0.250. The average Bonchev–Trinajstić information content (AvgIpc) is 2.42.